The minimum Gasteiger partial charge on any atom is -0.505 e. The Balaban J connectivity index is 2.24. The summed E-state index contributed by atoms with van der Waals surface area (Å²) in [5.41, 5.74) is -0.0299. The second-order valence-corrected chi connectivity index (χ2v) is 7.70. The van der Waals surface area contributed by atoms with Crippen LogP contribution >= 0.6 is 11.6 Å². The van der Waals surface area contributed by atoms with Crippen molar-refractivity contribution in [1.29, 1.82) is 0 Å². The fourth-order valence-corrected chi connectivity index (χ4v) is 3.38. The number of aromatic carboxylic acids is 1. The molecule has 0 aliphatic heterocycles. The Morgan fingerprint density at radius 3 is 2.43 bits per heavy atom. The molecule has 0 aliphatic carbocycles. The molecule has 0 spiro atoms. The number of carbonyl (C=O) groups is 1. The van der Waals surface area contributed by atoms with Crippen LogP contribution in [0.15, 0.2) is 57.6 Å². The quantitative estimate of drug-likeness (QED) is 0.407. The predicted molar refractivity (Wildman–Crippen MR) is 103 cm³/mol. The molecule has 0 unspecified atom stereocenters. The molecule has 0 aromatic heterocycles. The number of rotatable bonds is 4. The minimum absolute atomic E-state index is 0.0318. The highest BCUT2D eigenvalue weighted by Crippen LogP contribution is 2.40. The van der Waals surface area contributed by atoms with Crippen molar-refractivity contribution in [3.63, 3.8) is 0 Å². The second kappa shape index (κ2) is 7.19. The lowest BCUT2D eigenvalue weighted by molar-refractivity contribution is 0.0694. The number of fused-ring (bicyclic) bond motifs is 1. The van der Waals surface area contributed by atoms with Crippen molar-refractivity contribution in [3.8, 4) is 5.75 Å². The van der Waals surface area contributed by atoms with Crippen LogP contribution in [0.4, 0.5) is 11.4 Å². The summed E-state index contributed by atoms with van der Waals surface area (Å²) in [6.07, 6.45) is 0. The number of hydrogen-bond acceptors (Lipinski definition) is 6. The molecule has 28 heavy (non-hydrogen) atoms. The maximum absolute atomic E-state index is 11.4. The lowest BCUT2D eigenvalue weighted by atomic mass is 10.0. The van der Waals surface area contributed by atoms with E-state index in [9.17, 15) is 28.0 Å². The van der Waals surface area contributed by atoms with Gasteiger partial charge in [0.2, 0.25) is 0 Å². The Morgan fingerprint density at radius 1 is 1.11 bits per heavy atom. The molecule has 0 fully saturated rings. The molecule has 8 nitrogen and oxygen atoms in total. The number of benzene rings is 3. The van der Waals surface area contributed by atoms with Crippen LogP contribution in [0.1, 0.15) is 15.9 Å². The highest BCUT2D eigenvalue weighted by molar-refractivity contribution is 7.85. The molecule has 0 atom stereocenters. The standard InChI is InChI=1S/C18H13ClN2O6S/c1-9-14(19)7-11(28(25,26)27)8-15(9)20-21-16-12-5-3-2-4-10(12)6-13(17(16)22)18(23)24/h2-8,22H,1H3,(H,23,24)(H,25,26,27). The van der Waals surface area contributed by atoms with E-state index in [2.05, 4.69) is 10.2 Å². The first-order chi connectivity index (χ1) is 13.1. The molecule has 0 bridgehead atoms. The number of hydrogen-bond donors (Lipinski definition) is 3. The molecule has 0 radical (unpaired) electrons. The van der Waals surface area contributed by atoms with Crippen LogP contribution in [-0.2, 0) is 10.1 Å². The van der Waals surface area contributed by atoms with E-state index >= 15 is 0 Å². The van der Waals surface area contributed by atoms with E-state index in [0.717, 1.165) is 12.1 Å². The number of azo groups is 1. The molecule has 0 aliphatic rings. The zero-order valence-corrected chi connectivity index (χ0v) is 15.9. The first-order valence-electron chi connectivity index (χ1n) is 7.77. The average molecular weight is 421 g/mol. The normalized spacial score (nSPS) is 12.0. The zero-order valence-electron chi connectivity index (χ0n) is 14.3. The molecule has 3 aromatic carbocycles. The van der Waals surface area contributed by atoms with Crippen LogP contribution in [0.2, 0.25) is 5.02 Å². The third-order valence-corrected chi connectivity index (χ3v) is 5.30. The van der Waals surface area contributed by atoms with Crippen LogP contribution < -0.4 is 0 Å². The smallest absolute Gasteiger partial charge is 0.339 e. The van der Waals surface area contributed by atoms with Crippen molar-refractivity contribution < 1.29 is 28.0 Å². The topological polar surface area (TPSA) is 137 Å². The van der Waals surface area contributed by atoms with E-state index in [1.165, 1.54) is 6.07 Å². The van der Waals surface area contributed by atoms with Gasteiger partial charge in [0.15, 0.2) is 5.75 Å². The van der Waals surface area contributed by atoms with E-state index in [4.69, 9.17) is 11.6 Å². The minimum atomic E-state index is -4.52. The summed E-state index contributed by atoms with van der Waals surface area (Å²) in [6.45, 7) is 1.57. The summed E-state index contributed by atoms with van der Waals surface area (Å²) < 4.78 is 32.0. The van der Waals surface area contributed by atoms with Gasteiger partial charge in [-0.05, 0) is 36.1 Å². The summed E-state index contributed by atoms with van der Waals surface area (Å²) in [5, 5.41) is 28.5. The summed E-state index contributed by atoms with van der Waals surface area (Å²) in [5.74, 6) is -1.92. The van der Waals surface area contributed by atoms with Gasteiger partial charge in [0.25, 0.3) is 10.1 Å². The number of carboxylic acids is 1. The molecular formula is C18H13ClN2O6S. The van der Waals surface area contributed by atoms with Crippen LogP contribution in [-0.4, -0.2) is 29.2 Å². The second-order valence-electron chi connectivity index (χ2n) is 5.87. The Morgan fingerprint density at radius 2 is 1.79 bits per heavy atom. The number of halogens is 1. The highest BCUT2D eigenvalue weighted by Gasteiger charge is 2.18. The van der Waals surface area contributed by atoms with Crippen molar-refractivity contribution in [2.45, 2.75) is 11.8 Å². The lowest BCUT2D eigenvalue weighted by Gasteiger charge is -2.08. The molecule has 0 amide bonds. The maximum Gasteiger partial charge on any atom is 0.339 e. The molecule has 144 valence electrons. The van der Waals surface area contributed by atoms with Crippen molar-refractivity contribution in [1.82, 2.24) is 0 Å². The summed E-state index contributed by atoms with van der Waals surface area (Å²) in [4.78, 5) is 10.9. The van der Waals surface area contributed by atoms with Crippen molar-refractivity contribution in [2.24, 2.45) is 10.2 Å². The van der Waals surface area contributed by atoms with Gasteiger partial charge < -0.3 is 10.2 Å². The maximum atomic E-state index is 11.4. The first-order valence-corrected chi connectivity index (χ1v) is 9.58. The number of aromatic hydroxyl groups is 1. The molecular weight excluding hydrogens is 408 g/mol. The fraction of sp³-hybridized carbons (Fsp3) is 0.0556. The third-order valence-electron chi connectivity index (χ3n) is 4.07. The lowest BCUT2D eigenvalue weighted by Crippen LogP contribution is -1.98. The molecule has 3 N–H and O–H groups in total. The van der Waals surface area contributed by atoms with E-state index < -0.39 is 26.7 Å². The van der Waals surface area contributed by atoms with Crippen molar-refractivity contribution >= 4 is 49.8 Å². The summed E-state index contributed by atoms with van der Waals surface area (Å²) >= 11 is 6.00. The number of carboxylic acid groups (broad SMARTS) is 1. The van der Waals surface area contributed by atoms with E-state index in [1.54, 1.807) is 31.2 Å². The molecule has 3 rings (SSSR count). The third kappa shape index (κ3) is 3.68. The Hall–Kier alpha value is -3.01. The van der Waals surface area contributed by atoms with Gasteiger partial charge in [-0.3, -0.25) is 4.55 Å². The van der Waals surface area contributed by atoms with Crippen LogP contribution in [0.5, 0.6) is 5.75 Å². The Bertz CT molecular complexity index is 1250. The van der Waals surface area contributed by atoms with Crippen LogP contribution in [0, 0.1) is 6.92 Å². The van der Waals surface area contributed by atoms with Crippen LogP contribution in [0.3, 0.4) is 0 Å². The predicted octanol–water partition coefficient (Wildman–Crippen LogP) is 4.87. The summed E-state index contributed by atoms with van der Waals surface area (Å²) in [6, 6.07) is 10.1. The Labute approximate surface area is 164 Å². The van der Waals surface area contributed by atoms with Gasteiger partial charge in [-0.1, -0.05) is 35.9 Å². The van der Waals surface area contributed by atoms with Gasteiger partial charge in [0.05, 0.1) is 10.6 Å². The molecule has 3 aromatic rings. The number of nitrogens with zero attached hydrogens (tertiary/aromatic N) is 2. The van der Waals surface area contributed by atoms with Crippen LogP contribution in [0.25, 0.3) is 10.8 Å². The summed E-state index contributed by atoms with van der Waals surface area (Å²) in [7, 11) is -4.52. The van der Waals surface area contributed by atoms with Crippen molar-refractivity contribution in [3.05, 3.63) is 58.6 Å². The average Bonchev–Trinajstić information content (AvgIpc) is 2.62. The SMILES string of the molecule is Cc1c(Cl)cc(S(=O)(=O)O)cc1N=Nc1c(O)c(C(=O)O)cc2ccccc12. The zero-order chi connectivity index (χ0) is 20.6. The molecule has 0 saturated heterocycles. The Kier molecular flexibility index (Phi) is 5.07. The number of phenols is 1. The fourth-order valence-electron chi connectivity index (χ4n) is 2.58. The van der Waals surface area contributed by atoms with Gasteiger partial charge in [-0.25, -0.2) is 4.79 Å². The highest BCUT2D eigenvalue weighted by atomic mass is 35.5. The van der Waals surface area contributed by atoms with E-state index in [1.807, 2.05) is 0 Å². The van der Waals surface area contributed by atoms with Gasteiger partial charge >= 0.3 is 5.97 Å². The van der Waals surface area contributed by atoms with Gasteiger partial charge in [0.1, 0.15) is 11.3 Å². The molecule has 0 saturated carbocycles. The molecule has 0 heterocycles. The van der Waals surface area contributed by atoms with Crippen molar-refractivity contribution in [2.75, 3.05) is 0 Å². The monoisotopic (exact) mass is 420 g/mol. The van der Waals surface area contributed by atoms with E-state index in [-0.39, 0.29) is 22.0 Å². The van der Waals surface area contributed by atoms with Gasteiger partial charge in [0, 0.05) is 10.4 Å². The van der Waals surface area contributed by atoms with E-state index in [0.29, 0.717) is 16.3 Å². The van der Waals surface area contributed by atoms with Gasteiger partial charge in [-0.2, -0.15) is 13.5 Å². The first kappa shape index (κ1) is 19.7. The van der Waals surface area contributed by atoms with Gasteiger partial charge in [-0.15, -0.1) is 5.11 Å². The molecule has 10 heteroatoms. The largest absolute Gasteiger partial charge is 0.505 e.